The summed E-state index contributed by atoms with van der Waals surface area (Å²) in [6, 6.07) is 10.4. The molecule has 0 aromatic heterocycles. The molecule has 12 heteroatoms. The Morgan fingerprint density at radius 2 is 1.41 bits per heavy atom. The van der Waals surface area contributed by atoms with Gasteiger partial charge in [0.1, 0.15) is 5.82 Å². The molecule has 0 unspecified atom stereocenters. The molecule has 5 nitrogen and oxygen atoms in total. The molecule has 0 radical (unpaired) electrons. The Bertz CT molecular complexity index is 1380. The number of piperidine rings is 1. The Hall–Kier alpha value is -4.09. The summed E-state index contributed by atoms with van der Waals surface area (Å²) in [7, 11) is 0. The number of hydrogen-bond donors (Lipinski definition) is 2. The van der Waals surface area contributed by atoms with Crippen molar-refractivity contribution in [1.29, 1.82) is 0 Å². The summed E-state index contributed by atoms with van der Waals surface area (Å²) in [6.07, 6.45) is -8.46. The predicted molar refractivity (Wildman–Crippen MR) is 139 cm³/mol. The van der Waals surface area contributed by atoms with Crippen LogP contribution in [0.2, 0.25) is 0 Å². The minimum Gasteiger partial charge on any atom is -0.371 e. The van der Waals surface area contributed by atoms with Gasteiger partial charge in [0, 0.05) is 36.6 Å². The maximum atomic E-state index is 13.3. The molecule has 1 fully saturated rings. The summed E-state index contributed by atoms with van der Waals surface area (Å²) in [5.74, 6) is -1.68. The number of hydrogen-bond acceptors (Lipinski definition) is 3. The van der Waals surface area contributed by atoms with Crippen LogP contribution in [0, 0.1) is 11.7 Å². The first-order valence-corrected chi connectivity index (χ1v) is 12.7. The molecule has 3 aromatic carbocycles. The van der Waals surface area contributed by atoms with Crippen LogP contribution in [0.15, 0.2) is 60.7 Å². The molecule has 0 spiro atoms. The zero-order valence-corrected chi connectivity index (χ0v) is 21.8. The molecule has 2 N–H and O–H groups in total. The fourth-order valence-corrected chi connectivity index (χ4v) is 4.49. The lowest BCUT2D eigenvalue weighted by Crippen LogP contribution is -2.35. The minimum atomic E-state index is -5.11. The van der Waals surface area contributed by atoms with Gasteiger partial charge in [0.25, 0.3) is 11.8 Å². The lowest BCUT2D eigenvalue weighted by molar-refractivity contribution is -0.143. The van der Waals surface area contributed by atoms with Crippen LogP contribution in [0.4, 0.5) is 42.1 Å². The number of anilines is 2. The average molecular weight is 582 g/mol. The predicted octanol–water partition coefficient (Wildman–Crippen LogP) is 7.28. The molecule has 1 heterocycles. The van der Waals surface area contributed by atoms with E-state index in [4.69, 9.17) is 0 Å². The highest BCUT2D eigenvalue weighted by Crippen LogP contribution is 2.37. The smallest absolute Gasteiger partial charge is 0.371 e. The maximum absolute atomic E-state index is 13.3. The van der Waals surface area contributed by atoms with Crippen molar-refractivity contribution in [3.8, 4) is 0 Å². The molecule has 4 rings (SSSR count). The Morgan fingerprint density at radius 3 is 1.98 bits per heavy atom. The van der Waals surface area contributed by atoms with Crippen molar-refractivity contribution in [3.63, 3.8) is 0 Å². The Labute approximate surface area is 231 Å². The van der Waals surface area contributed by atoms with E-state index >= 15 is 0 Å². The van der Waals surface area contributed by atoms with Crippen molar-refractivity contribution in [3.05, 3.63) is 94.3 Å². The molecular weight excluding hydrogens is 555 g/mol. The van der Waals surface area contributed by atoms with Crippen LogP contribution in [-0.4, -0.2) is 24.9 Å². The van der Waals surface area contributed by atoms with E-state index in [2.05, 4.69) is 17.6 Å². The van der Waals surface area contributed by atoms with Crippen molar-refractivity contribution in [2.24, 2.45) is 5.92 Å². The number of nitrogens with one attached hydrogen (secondary N) is 2. The zero-order chi connectivity index (χ0) is 29.9. The van der Waals surface area contributed by atoms with E-state index in [1.165, 1.54) is 36.4 Å². The second-order valence-corrected chi connectivity index (χ2v) is 9.96. The lowest BCUT2D eigenvalue weighted by Gasteiger charge is -2.33. The van der Waals surface area contributed by atoms with Gasteiger partial charge in [-0.2, -0.15) is 26.3 Å². The SMILES string of the molecule is CC1CCN(c2ccc(NC(=O)c3cc(C(F)(F)F)cc(C(F)(F)F)c3)cc2C(=O)NCc2ccc(F)cc2)CC1. The monoisotopic (exact) mass is 581 g/mol. The van der Waals surface area contributed by atoms with Gasteiger partial charge in [-0.05, 0) is 72.9 Å². The largest absolute Gasteiger partial charge is 0.416 e. The third kappa shape index (κ3) is 7.56. The molecule has 3 aromatic rings. The van der Waals surface area contributed by atoms with E-state index in [-0.39, 0.29) is 23.9 Å². The summed E-state index contributed by atoms with van der Waals surface area (Å²) < 4.78 is 92.8. The molecule has 0 atom stereocenters. The van der Waals surface area contributed by atoms with Crippen molar-refractivity contribution in [1.82, 2.24) is 5.32 Å². The van der Waals surface area contributed by atoms with E-state index in [1.807, 2.05) is 4.90 Å². The van der Waals surface area contributed by atoms with Gasteiger partial charge in [-0.25, -0.2) is 4.39 Å². The van der Waals surface area contributed by atoms with Gasteiger partial charge >= 0.3 is 12.4 Å². The molecule has 1 aliphatic rings. The number of nitrogens with zero attached hydrogens (tertiary/aromatic N) is 1. The van der Waals surface area contributed by atoms with E-state index in [9.17, 15) is 40.3 Å². The van der Waals surface area contributed by atoms with Crippen molar-refractivity contribution in [2.75, 3.05) is 23.3 Å². The van der Waals surface area contributed by atoms with Gasteiger partial charge in [0.2, 0.25) is 0 Å². The number of alkyl halides is 6. The third-order valence-electron chi connectivity index (χ3n) is 6.84. The Balaban J connectivity index is 1.63. The topological polar surface area (TPSA) is 61.4 Å². The van der Waals surface area contributed by atoms with E-state index in [0.717, 1.165) is 12.8 Å². The summed E-state index contributed by atoms with van der Waals surface area (Å²) in [5.41, 5.74) is -2.74. The molecule has 0 saturated carbocycles. The van der Waals surface area contributed by atoms with Crippen LogP contribution in [0.25, 0.3) is 0 Å². The number of amides is 2. The number of carbonyl (C=O) groups is 2. The van der Waals surface area contributed by atoms with Crippen molar-refractivity contribution < 1.29 is 40.3 Å². The number of halogens is 7. The highest BCUT2D eigenvalue weighted by molar-refractivity contribution is 6.06. The Morgan fingerprint density at radius 1 is 0.829 bits per heavy atom. The molecule has 1 saturated heterocycles. The van der Waals surface area contributed by atoms with Gasteiger partial charge in [-0.15, -0.1) is 0 Å². The number of rotatable bonds is 6. The van der Waals surface area contributed by atoms with Crippen LogP contribution in [0.3, 0.4) is 0 Å². The summed E-state index contributed by atoms with van der Waals surface area (Å²) in [4.78, 5) is 28.1. The molecular formula is C29H26F7N3O2. The third-order valence-corrected chi connectivity index (χ3v) is 6.84. The average Bonchev–Trinajstić information content (AvgIpc) is 2.92. The van der Waals surface area contributed by atoms with E-state index in [0.29, 0.717) is 42.4 Å². The van der Waals surface area contributed by atoms with Crippen LogP contribution in [0.1, 0.15) is 57.2 Å². The lowest BCUT2D eigenvalue weighted by atomic mass is 9.97. The standard InChI is InChI=1S/C29H26F7N3O2/c1-17-8-10-39(11-9-17)25-7-6-23(15-24(25)27(41)37-16-18-2-4-22(30)5-3-18)38-26(40)19-12-20(28(31,32)33)14-21(13-19)29(34,35)36/h2-7,12-15,17H,8-11,16H2,1H3,(H,37,41)(H,38,40). The second kappa shape index (κ2) is 11.8. The van der Waals surface area contributed by atoms with Gasteiger partial charge in [0.15, 0.2) is 0 Å². The summed E-state index contributed by atoms with van der Waals surface area (Å²) in [5, 5.41) is 5.05. The van der Waals surface area contributed by atoms with Gasteiger partial charge < -0.3 is 15.5 Å². The summed E-state index contributed by atoms with van der Waals surface area (Å²) >= 11 is 0. The van der Waals surface area contributed by atoms with Crippen molar-refractivity contribution >= 4 is 23.2 Å². The van der Waals surface area contributed by atoms with Crippen LogP contribution < -0.4 is 15.5 Å². The van der Waals surface area contributed by atoms with E-state index in [1.54, 1.807) is 6.07 Å². The molecule has 1 aliphatic heterocycles. The number of benzene rings is 3. The maximum Gasteiger partial charge on any atom is 0.416 e. The van der Waals surface area contributed by atoms with Gasteiger partial charge in [-0.1, -0.05) is 19.1 Å². The minimum absolute atomic E-state index is 0.00188. The summed E-state index contributed by atoms with van der Waals surface area (Å²) in [6.45, 7) is 3.51. The highest BCUT2D eigenvalue weighted by Gasteiger charge is 2.37. The first-order valence-electron chi connectivity index (χ1n) is 12.7. The first kappa shape index (κ1) is 29.9. The number of carbonyl (C=O) groups excluding carboxylic acids is 2. The van der Waals surface area contributed by atoms with Gasteiger partial charge in [0.05, 0.1) is 16.7 Å². The molecule has 218 valence electrons. The molecule has 0 aliphatic carbocycles. The molecule has 41 heavy (non-hydrogen) atoms. The highest BCUT2D eigenvalue weighted by atomic mass is 19.4. The van der Waals surface area contributed by atoms with Crippen molar-refractivity contribution in [2.45, 2.75) is 38.7 Å². The molecule has 0 bridgehead atoms. The quantitative estimate of drug-likeness (QED) is 0.301. The van der Waals surface area contributed by atoms with Crippen LogP contribution >= 0.6 is 0 Å². The van der Waals surface area contributed by atoms with E-state index < -0.39 is 46.7 Å². The first-order chi connectivity index (χ1) is 19.2. The Kier molecular flexibility index (Phi) is 8.60. The van der Waals surface area contributed by atoms with Gasteiger partial charge in [-0.3, -0.25) is 9.59 Å². The fourth-order valence-electron chi connectivity index (χ4n) is 4.49. The fraction of sp³-hybridized carbons (Fsp3) is 0.310. The second-order valence-electron chi connectivity index (χ2n) is 9.96. The van der Waals surface area contributed by atoms with Crippen LogP contribution in [-0.2, 0) is 18.9 Å². The van der Waals surface area contributed by atoms with Crippen LogP contribution in [0.5, 0.6) is 0 Å². The molecule has 2 amide bonds. The normalized spacial score (nSPS) is 14.6. The zero-order valence-electron chi connectivity index (χ0n) is 21.8.